The molecule has 2 heterocycles. The van der Waals surface area contributed by atoms with Gasteiger partial charge < -0.3 is 26.3 Å². The zero-order valence-electron chi connectivity index (χ0n) is 13.7. The fourth-order valence-corrected chi connectivity index (χ4v) is 4.14. The predicted molar refractivity (Wildman–Crippen MR) is 98.7 cm³/mol. The molecule has 2 amide bonds. The lowest BCUT2D eigenvalue weighted by molar-refractivity contribution is -0.138. The van der Waals surface area contributed by atoms with Gasteiger partial charge in [-0.15, -0.1) is 23.1 Å². The van der Waals surface area contributed by atoms with Crippen molar-refractivity contribution in [2.75, 3.05) is 5.75 Å². The molecule has 0 fully saturated rings. The Morgan fingerprint density at radius 2 is 2.08 bits per heavy atom. The van der Waals surface area contributed by atoms with Crippen LogP contribution in [-0.4, -0.2) is 40.7 Å². The summed E-state index contributed by atoms with van der Waals surface area (Å²) in [6.07, 6.45) is 1.48. The Morgan fingerprint density at radius 1 is 1.31 bits per heavy atom. The van der Waals surface area contributed by atoms with Crippen LogP contribution in [0.25, 0.3) is 10.6 Å². The minimum absolute atomic E-state index is 0.0166. The zero-order valence-corrected chi connectivity index (χ0v) is 15.3. The van der Waals surface area contributed by atoms with E-state index in [0.717, 1.165) is 14.8 Å². The average molecular weight is 397 g/mol. The number of hydrogen-bond donors (Lipinski definition) is 4. The van der Waals surface area contributed by atoms with Crippen LogP contribution in [-0.2, 0) is 14.4 Å². The lowest BCUT2D eigenvalue weighted by Crippen LogP contribution is -2.46. The number of carboxylic acids is 1. The Balaban J connectivity index is 1.85. The van der Waals surface area contributed by atoms with Crippen molar-refractivity contribution in [3.63, 3.8) is 0 Å². The minimum atomic E-state index is -1.18. The molecule has 0 bridgehead atoms. The van der Waals surface area contributed by atoms with Crippen molar-refractivity contribution in [3.8, 4) is 10.6 Å². The largest absolute Gasteiger partial charge is 0.480 e. The summed E-state index contributed by atoms with van der Waals surface area (Å²) in [6.45, 7) is 0. The molecule has 8 nitrogen and oxygen atoms in total. The van der Waals surface area contributed by atoms with E-state index in [-0.39, 0.29) is 18.6 Å². The second kappa shape index (κ2) is 9.41. The zero-order chi connectivity index (χ0) is 19.1. The number of aliphatic carboxylic acids is 1. The predicted octanol–water partition coefficient (Wildman–Crippen LogP) is 1.26. The van der Waals surface area contributed by atoms with Gasteiger partial charge in [0.2, 0.25) is 11.8 Å². The van der Waals surface area contributed by atoms with Gasteiger partial charge in [-0.25, -0.2) is 0 Å². The van der Waals surface area contributed by atoms with Crippen molar-refractivity contribution in [2.24, 2.45) is 11.5 Å². The fraction of sp³-hybridized carbons (Fsp3) is 0.312. The number of amides is 2. The normalized spacial score (nSPS) is 13.1. The molecule has 2 aromatic rings. The van der Waals surface area contributed by atoms with Crippen LogP contribution in [0.4, 0.5) is 0 Å². The van der Waals surface area contributed by atoms with Crippen molar-refractivity contribution in [2.45, 2.75) is 29.1 Å². The average Bonchev–Trinajstić information content (AvgIpc) is 3.26. The third-order valence-electron chi connectivity index (χ3n) is 3.42. The van der Waals surface area contributed by atoms with E-state index in [9.17, 15) is 14.4 Å². The van der Waals surface area contributed by atoms with Crippen LogP contribution in [0.2, 0.25) is 0 Å². The highest BCUT2D eigenvalue weighted by Gasteiger charge is 2.20. The van der Waals surface area contributed by atoms with E-state index in [0.29, 0.717) is 0 Å². The Bertz CT molecular complexity index is 760. The van der Waals surface area contributed by atoms with E-state index in [1.54, 1.807) is 12.3 Å². The van der Waals surface area contributed by atoms with E-state index < -0.39 is 29.9 Å². The maximum Gasteiger partial charge on any atom is 0.320 e. The molecule has 2 unspecified atom stereocenters. The molecular weight excluding hydrogens is 378 g/mol. The Hall–Kier alpha value is -2.30. The van der Waals surface area contributed by atoms with Gasteiger partial charge in [-0.05, 0) is 30.7 Å². The molecule has 140 valence electrons. The summed E-state index contributed by atoms with van der Waals surface area (Å²) in [6, 6.07) is 5.50. The van der Waals surface area contributed by atoms with Gasteiger partial charge in [0.05, 0.1) is 15.3 Å². The second-order valence-electron chi connectivity index (χ2n) is 5.41. The summed E-state index contributed by atoms with van der Waals surface area (Å²) in [5.41, 5.74) is 10.7. The molecule has 0 aromatic carbocycles. The Kier molecular flexibility index (Phi) is 7.25. The van der Waals surface area contributed by atoms with Gasteiger partial charge in [-0.2, -0.15) is 0 Å². The van der Waals surface area contributed by atoms with Crippen molar-refractivity contribution in [1.82, 2.24) is 5.32 Å². The molecule has 0 radical (unpaired) electrons. The monoisotopic (exact) mass is 397 g/mol. The maximum atomic E-state index is 11.9. The number of carbonyl (C=O) groups excluding carboxylic acids is 2. The smallest absolute Gasteiger partial charge is 0.320 e. The molecule has 0 spiro atoms. The van der Waals surface area contributed by atoms with Crippen LogP contribution in [0.1, 0.15) is 12.8 Å². The molecule has 0 aliphatic heterocycles. The molecule has 0 aliphatic carbocycles. The number of carbonyl (C=O) groups is 3. The Morgan fingerprint density at radius 3 is 2.69 bits per heavy atom. The van der Waals surface area contributed by atoms with Crippen molar-refractivity contribution in [3.05, 3.63) is 30.5 Å². The van der Waals surface area contributed by atoms with E-state index in [1.165, 1.54) is 23.1 Å². The van der Waals surface area contributed by atoms with Crippen LogP contribution in [0.5, 0.6) is 0 Å². The van der Waals surface area contributed by atoms with Gasteiger partial charge >= 0.3 is 5.97 Å². The number of carboxylic acid groups (broad SMARTS) is 1. The third kappa shape index (κ3) is 5.90. The van der Waals surface area contributed by atoms with E-state index in [2.05, 4.69) is 5.32 Å². The van der Waals surface area contributed by atoms with Crippen LogP contribution < -0.4 is 16.8 Å². The fourth-order valence-electron chi connectivity index (χ4n) is 1.99. The van der Waals surface area contributed by atoms with E-state index in [4.69, 9.17) is 21.0 Å². The second-order valence-corrected chi connectivity index (χ2v) is 7.82. The van der Waals surface area contributed by atoms with Gasteiger partial charge in [-0.3, -0.25) is 14.4 Å². The first-order chi connectivity index (χ1) is 12.4. The molecule has 0 saturated carbocycles. The van der Waals surface area contributed by atoms with E-state index >= 15 is 0 Å². The standard InChI is InChI=1S/C16H19N3O5S2/c17-9(16(22)23)3-5-13(20)19-10(15(18)21)8-25-14-6-4-12(26-14)11-2-1-7-24-11/h1-2,4,6-7,9-10H,3,5,8,17H2,(H2,18,21)(H,19,20)(H,22,23). The number of hydrogen-bond acceptors (Lipinski definition) is 7. The molecule has 0 aliphatic rings. The summed E-state index contributed by atoms with van der Waals surface area (Å²) in [5, 5.41) is 11.2. The number of thiophene rings is 1. The lowest BCUT2D eigenvalue weighted by Gasteiger charge is -2.15. The summed E-state index contributed by atoms with van der Waals surface area (Å²) in [5.74, 6) is -1.27. The van der Waals surface area contributed by atoms with Gasteiger partial charge in [0.25, 0.3) is 0 Å². The number of nitrogens with two attached hydrogens (primary N) is 2. The molecule has 10 heteroatoms. The van der Waals surface area contributed by atoms with Gasteiger partial charge in [0, 0.05) is 12.2 Å². The first-order valence-corrected chi connectivity index (χ1v) is 9.50. The highest BCUT2D eigenvalue weighted by atomic mass is 32.2. The summed E-state index contributed by atoms with van der Waals surface area (Å²) < 4.78 is 6.28. The van der Waals surface area contributed by atoms with Gasteiger partial charge in [-0.1, -0.05) is 0 Å². The number of furan rings is 1. The highest BCUT2D eigenvalue weighted by Crippen LogP contribution is 2.34. The molecule has 2 atom stereocenters. The number of thioether (sulfide) groups is 1. The lowest BCUT2D eigenvalue weighted by atomic mass is 10.1. The van der Waals surface area contributed by atoms with Gasteiger partial charge in [0.1, 0.15) is 17.8 Å². The van der Waals surface area contributed by atoms with Crippen molar-refractivity contribution in [1.29, 1.82) is 0 Å². The molecular formula is C16H19N3O5S2. The van der Waals surface area contributed by atoms with Crippen LogP contribution in [0.3, 0.4) is 0 Å². The molecule has 6 N–H and O–H groups in total. The van der Waals surface area contributed by atoms with Crippen molar-refractivity contribution < 1.29 is 23.9 Å². The summed E-state index contributed by atoms with van der Waals surface area (Å²) >= 11 is 2.89. The number of rotatable bonds is 10. The third-order valence-corrected chi connectivity index (χ3v) is 5.83. The molecule has 2 aromatic heterocycles. The van der Waals surface area contributed by atoms with Crippen LogP contribution >= 0.6 is 23.1 Å². The number of nitrogens with one attached hydrogen (secondary N) is 1. The summed E-state index contributed by atoms with van der Waals surface area (Å²) in [4.78, 5) is 35.0. The SMILES string of the molecule is NC(=O)C(CSc1ccc(-c2ccco2)s1)NC(=O)CCC(N)C(=O)O. The molecule has 2 rings (SSSR count). The topological polar surface area (TPSA) is 149 Å². The van der Waals surface area contributed by atoms with Crippen LogP contribution in [0, 0.1) is 0 Å². The quantitative estimate of drug-likeness (QED) is 0.441. The minimum Gasteiger partial charge on any atom is -0.480 e. The van der Waals surface area contributed by atoms with Crippen molar-refractivity contribution >= 4 is 40.9 Å². The first-order valence-electron chi connectivity index (χ1n) is 7.70. The Labute approximate surface area is 157 Å². The molecule has 0 saturated heterocycles. The highest BCUT2D eigenvalue weighted by molar-refractivity contribution is 8.01. The van der Waals surface area contributed by atoms with Gasteiger partial charge in [0.15, 0.2) is 0 Å². The number of primary amides is 1. The van der Waals surface area contributed by atoms with Crippen LogP contribution in [0.15, 0.2) is 39.2 Å². The maximum absolute atomic E-state index is 11.9. The van der Waals surface area contributed by atoms with E-state index in [1.807, 2.05) is 18.2 Å². The first kappa shape index (κ1) is 20.0. The summed E-state index contributed by atoms with van der Waals surface area (Å²) in [7, 11) is 0. The molecule has 26 heavy (non-hydrogen) atoms.